The highest BCUT2D eigenvalue weighted by molar-refractivity contribution is 7.99. The summed E-state index contributed by atoms with van der Waals surface area (Å²) in [5.41, 5.74) is 0. The van der Waals surface area contributed by atoms with Crippen molar-refractivity contribution >= 4 is 17.5 Å². The Balaban J connectivity index is 2.31. The molecule has 0 saturated carbocycles. The number of nitrogens with zero attached hydrogens (tertiary/aromatic N) is 1. The van der Waals surface area contributed by atoms with Crippen molar-refractivity contribution in [3.63, 3.8) is 0 Å². The Labute approximate surface area is 89.1 Å². The lowest BCUT2D eigenvalue weighted by Crippen LogP contribution is -2.05. The Morgan fingerprint density at radius 1 is 1.50 bits per heavy atom. The molecule has 0 aliphatic heterocycles. The van der Waals surface area contributed by atoms with E-state index >= 15 is 0 Å². The lowest BCUT2D eigenvalue weighted by molar-refractivity contribution is -0.117. The van der Waals surface area contributed by atoms with Crippen LogP contribution in [0.1, 0.15) is 20.3 Å². The molecule has 76 valence electrons. The van der Waals surface area contributed by atoms with Crippen LogP contribution in [0.4, 0.5) is 0 Å². The van der Waals surface area contributed by atoms with Gasteiger partial charge in [0.2, 0.25) is 0 Å². The molecule has 0 radical (unpaired) electrons. The Bertz CT molecular complexity index is 285. The van der Waals surface area contributed by atoms with Crippen LogP contribution in [0, 0.1) is 5.92 Å². The maximum atomic E-state index is 11.4. The zero-order chi connectivity index (χ0) is 10.4. The first-order chi connectivity index (χ1) is 6.68. The van der Waals surface area contributed by atoms with Crippen molar-refractivity contribution in [3.05, 3.63) is 24.4 Å². The molecule has 0 bridgehead atoms. The van der Waals surface area contributed by atoms with E-state index < -0.39 is 0 Å². The summed E-state index contributed by atoms with van der Waals surface area (Å²) in [4.78, 5) is 15.5. The van der Waals surface area contributed by atoms with E-state index in [0.29, 0.717) is 23.9 Å². The predicted molar refractivity (Wildman–Crippen MR) is 59.4 cm³/mol. The number of aromatic nitrogens is 1. The SMILES string of the molecule is CC(C)CC(=O)CSc1ccccn1. The molecule has 3 heteroatoms. The van der Waals surface area contributed by atoms with Crippen LogP contribution in [0.3, 0.4) is 0 Å². The number of hydrogen-bond acceptors (Lipinski definition) is 3. The Morgan fingerprint density at radius 3 is 2.86 bits per heavy atom. The molecule has 0 aliphatic rings. The second-order valence-electron chi connectivity index (χ2n) is 3.59. The van der Waals surface area contributed by atoms with Crippen molar-refractivity contribution < 1.29 is 4.79 Å². The standard InChI is InChI=1S/C11H15NOS/c1-9(2)7-10(13)8-14-11-5-3-4-6-12-11/h3-6,9H,7-8H2,1-2H3. The lowest BCUT2D eigenvalue weighted by atomic mass is 10.1. The smallest absolute Gasteiger partial charge is 0.143 e. The zero-order valence-electron chi connectivity index (χ0n) is 8.56. The van der Waals surface area contributed by atoms with Crippen LogP contribution in [-0.2, 0) is 4.79 Å². The van der Waals surface area contributed by atoms with E-state index in [-0.39, 0.29) is 0 Å². The van der Waals surface area contributed by atoms with E-state index in [1.54, 1.807) is 6.20 Å². The second-order valence-corrected chi connectivity index (χ2v) is 4.59. The maximum absolute atomic E-state index is 11.4. The van der Waals surface area contributed by atoms with Gasteiger partial charge in [0.1, 0.15) is 5.78 Å². The van der Waals surface area contributed by atoms with Gasteiger partial charge in [-0.1, -0.05) is 31.7 Å². The minimum absolute atomic E-state index is 0.302. The van der Waals surface area contributed by atoms with E-state index in [9.17, 15) is 4.79 Å². The molecule has 14 heavy (non-hydrogen) atoms. The summed E-state index contributed by atoms with van der Waals surface area (Å²) in [6.07, 6.45) is 2.41. The van der Waals surface area contributed by atoms with Crippen molar-refractivity contribution in [2.75, 3.05) is 5.75 Å². The molecule has 1 aromatic rings. The van der Waals surface area contributed by atoms with E-state index in [1.807, 2.05) is 18.2 Å². The van der Waals surface area contributed by atoms with Crippen molar-refractivity contribution in [1.29, 1.82) is 0 Å². The van der Waals surface area contributed by atoms with Gasteiger partial charge in [0.25, 0.3) is 0 Å². The van der Waals surface area contributed by atoms with Gasteiger partial charge in [-0.2, -0.15) is 0 Å². The number of carbonyl (C=O) groups excluding carboxylic acids is 1. The largest absolute Gasteiger partial charge is 0.299 e. The van der Waals surface area contributed by atoms with Crippen LogP contribution in [0.25, 0.3) is 0 Å². The maximum Gasteiger partial charge on any atom is 0.143 e. The fourth-order valence-electron chi connectivity index (χ4n) is 1.10. The van der Waals surface area contributed by atoms with Gasteiger partial charge < -0.3 is 0 Å². The fourth-order valence-corrected chi connectivity index (χ4v) is 1.84. The van der Waals surface area contributed by atoms with Gasteiger partial charge in [0, 0.05) is 12.6 Å². The minimum atomic E-state index is 0.302. The van der Waals surface area contributed by atoms with Gasteiger partial charge in [-0.05, 0) is 18.1 Å². The fraction of sp³-hybridized carbons (Fsp3) is 0.455. The van der Waals surface area contributed by atoms with Gasteiger partial charge in [-0.15, -0.1) is 0 Å². The number of carbonyl (C=O) groups is 1. The van der Waals surface area contributed by atoms with Crippen LogP contribution >= 0.6 is 11.8 Å². The molecule has 0 aromatic carbocycles. The average molecular weight is 209 g/mol. The summed E-state index contributed by atoms with van der Waals surface area (Å²) in [6, 6.07) is 5.73. The molecule has 0 amide bonds. The zero-order valence-corrected chi connectivity index (χ0v) is 9.38. The highest BCUT2D eigenvalue weighted by Gasteiger charge is 2.05. The molecule has 1 heterocycles. The molecule has 1 rings (SSSR count). The molecular weight excluding hydrogens is 194 g/mol. The van der Waals surface area contributed by atoms with Gasteiger partial charge >= 0.3 is 0 Å². The first-order valence-corrected chi connectivity index (χ1v) is 5.72. The highest BCUT2D eigenvalue weighted by Crippen LogP contribution is 2.15. The van der Waals surface area contributed by atoms with Gasteiger partial charge in [0.15, 0.2) is 0 Å². The van der Waals surface area contributed by atoms with Gasteiger partial charge in [-0.3, -0.25) is 4.79 Å². The number of thioether (sulfide) groups is 1. The monoisotopic (exact) mass is 209 g/mol. The van der Waals surface area contributed by atoms with E-state index in [4.69, 9.17) is 0 Å². The van der Waals surface area contributed by atoms with Gasteiger partial charge in [0.05, 0.1) is 10.8 Å². The van der Waals surface area contributed by atoms with Crippen molar-refractivity contribution in [1.82, 2.24) is 4.98 Å². The first-order valence-electron chi connectivity index (χ1n) is 4.74. The summed E-state index contributed by atoms with van der Waals surface area (Å²) in [5, 5.41) is 0.921. The van der Waals surface area contributed by atoms with E-state index in [2.05, 4.69) is 18.8 Å². The molecule has 0 N–H and O–H groups in total. The molecule has 0 unspecified atom stereocenters. The van der Waals surface area contributed by atoms with Crippen LogP contribution in [-0.4, -0.2) is 16.5 Å². The number of rotatable bonds is 5. The number of hydrogen-bond donors (Lipinski definition) is 0. The third-order valence-corrected chi connectivity index (χ3v) is 2.66. The minimum Gasteiger partial charge on any atom is -0.299 e. The Hall–Kier alpha value is -0.830. The van der Waals surface area contributed by atoms with Crippen LogP contribution < -0.4 is 0 Å². The predicted octanol–water partition coefficient (Wildman–Crippen LogP) is 2.79. The number of Topliss-reactive ketones (excluding diaryl/α,β-unsaturated/α-hetero) is 1. The molecule has 1 aromatic heterocycles. The molecule has 0 spiro atoms. The van der Waals surface area contributed by atoms with Crippen LogP contribution in [0.5, 0.6) is 0 Å². The third kappa shape index (κ3) is 4.42. The molecule has 0 fully saturated rings. The molecule has 0 saturated heterocycles. The van der Waals surface area contributed by atoms with E-state index in [0.717, 1.165) is 5.03 Å². The lowest BCUT2D eigenvalue weighted by Gasteiger charge is -2.02. The summed E-state index contributed by atoms with van der Waals surface area (Å²) in [6.45, 7) is 4.12. The normalized spacial score (nSPS) is 10.5. The second kappa shape index (κ2) is 5.81. The Morgan fingerprint density at radius 2 is 2.29 bits per heavy atom. The summed E-state index contributed by atoms with van der Waals surface area (Å²) < 4.78 is 0. The van der Waals surface area contributed by atoms with Crippen LogP contribution in [0.15, 0.2) is 29.4 Å². The number of pyridine rings is 1. The quantitative estimate of drug-likeness (QED) is 0.698. The van der Waals surface area contributed by atoms with Gasteiger partial charge in [-0.25, -0.2) is 4.98 Å². The third-order valence-electron chi connectivity index (χ3n) is 1.65. The molecule has 0 aliphatic carbocycles. The Kier molecular flexibility index (Phi) is 4.66. The topological polar surface area (TPSA) is 30.0 Å². The summed E-state index contributed by atoms with van der Waals surface area (Å²) in [7, 11) is 0. The van der Waals surface area contributed by atoms with Crippen molar-refractivity contribution in [2.24, 2.45) is 5.92 Å². The summed E-state index contributed by atoms with van der Waals surface area (Å²) in [5.74, 6) is 1.29. The van der Waals surface area contributed by atoms with Crippen LogP contribution in [0.2, 0.25) is 0 Å². The summed E-state index contributed by atoms with van der Waals surface area (Å²) >= 11 is 1.51. The van der Waals surface area contributed by atoms with Crippen molar-refractivity contribution in [3.8, 4) is 0 Å². The first kappa shape index (κ1) is 11.2. The van der Waals surface area contributed by atoms with Crippen molar-refractivity contribution in [2.45, 2.75) is 25.3 Å². The number of ketones is 1. The molecule has 0 atom stereocenters. The average Bonchev–Trinajstić information content (AvgIpc) is 2.15. The van der Waals surface area contributed by atoms with E-state index in [1.165, 1.54) is 11.8 Å². The highest BCUT2D eigenvalue weighted by atomic mass is 32.2. The molecular formula is C11H15NOS. The molecule has 2 nitrogen and oxygen atoms in total.